The predicted octanol–water partition coefficient (Wildman–Crippen LogP) is 2.18. The van der Waals surface area contributed by atoms with Gasteiger partial charge in [0.05, 0.1) is 17.1 Å². The number of hydrogen-bond donors (Lipinski definition) is 2. The van der Waals surface area contributed by atoms with Crippen molar-refractivity contribution < 1.29 is 10.0 Å². The molecule has 1 fully saturated rings. The van der Waals surface area contributed by atoms with Gasteiger partial charge < -0.3 is 10.4 Å². The fourth-order valence-corrected chi connectivity index (χ4v) is 1.80. The number of halogens is 1. The number of nitro benzene ring substituents is 1. The first kappa shape index (κ1) is 11.2. The van der Waals surface area contributed by atoms with Crippen molar-refractivity contribution in [2.24, 2.45) is 0 Å². The Morgan fingerprint density at radius 2 is 2.25 bits per heavy atom. The highest BCUT2D eigenvalue weighted by Crippen LogP contribution is 2.42. The highest BCUT2D eigenvalue weighted by atomic mass is 35.5. The molecule has 2 N–H and O–H groups in total. The average molecular weight is 243 g/mol. The van der Waals surface area contributed by atoms with Crippen molar-refractivity contribution >= 4 is 23.0 Å². The van der Waals surface area contributed by atoms with E-state index < -0.39 is 10.5 Å². The molecule has 16 heavy (non-hydrogen) atoms. The Morgan fingerprint density at radius 3 is 2.75 bits per heavy atom. The Morgan fingerprint density at radius 1 is 1.56 bits per heavy atom. The number of anilines is 1. The Balaban J connectivity index is 2.33. The number of hydrogen-bond acceptors (Lipinski definition) is 4. The van der Waals surface area contributed by atoms with Gasteiger partial charge >= 0.3 is 5.69 Å². The molecule has 5 nitrogen and oxygen atoms in total. The second-order valence-corrected chi connectivity index (χ2v) is 4.36. The molecule has 1 aromatic rings. The van der Waals surface area contributed by atoms with E-state index in [9.17, 15) is 10.1 Å². The van der Waals surface area contributed by atoms with Crippen LogP contribution in [0, 0.1) is 10.1 Å². The van der Waals surface area contributed by atoms with Crippen molar-refractivity contribution in [2.75, 3.05) is 11.9 Å². The molecule has 86 valence electrons. The summed E-state index contributed by atoms with van der Waals surface area (Å²) in [5.41, 5.74) is -0.164. The summed E-state index contributed by atoms with van der Waals surface area (Å²) in [6, 6.07) is 4.72. The maximum atomic E-state index is 10.9. The smallest absolute Gasteiger partial charge is 0.310 e. The minimum absolute atomic E-state index is 0.0311. The Bertz CT molecular complexity index is 432. The molecule has 0 aliphatic heterocycles. The fraction of sp³-hybridized carbons (Fsp3) is 0.400. The van der Waals surface area contributed by atoms with Crippen molar-refractivity contribution in [1.82, 2.24) is 0 Å². The molecule has 1 aliphatic carbocycles. The highest BCUT2D eigenvalue weighted by molar-refractivity contribution is 6.33. The second kappa shape index (κ2) is 3.92. The topological polar surface area (TPSA) is 75.4 Å². The molecule has 1 saturated carbocycles. The number of nitrogens with zero attached hydrogens (tertiary/aromatic N) is 1. The van der Waals surface area contributed by atoms with Crippen molar-refractivity contribution in [3.63, 3.8) is 0 Å². The van der Waals surface area contributed by atoms with Gasteiger partial charge in [0.15, 0.2) is 0 Å². The fourth-order valence-electron chi connectivity index (χ4n) is 1.56. The second-order valence-electron chi connectivity index (χ2n) is 3.96. The number of aliphatic hydroxyl groups is 1. The summed E-state index contributed by atoms with van der Waals surface area (Å²) in [5.74, 6) is 0. The molecule has 0 aromatic heterocycles. The van der Waals surface area contributed by atoms with Crippen molar-refractivity contribution in [2.45, 2.75) is 18.4 Å². The molecule has 6 heteroatoms. The van der Waals surface area contributed by atoms with Crippen molar-refractivity contribution in [1.29, 1.82) is 0 Å². The summed E-state index contributed by atoms with van der Waals surface area (Å²) in [6.07, 6.45) is 1.63. The van der Waals surface area contributed by atoms with Gasteiger partial charge in [-0.2, -0.15) is 0 Å². The van der Waals surface area contributed by atoms with Gasteiger partial charge in [-0.1, -0.05) is 17.7 Å². The first-order chi connectivity index (χ1) is 7.58. The first-order valence-electron chi connectivity index (χ1n) is 4.90. The first-order valence-corrected chi connectivity index (χ1v) is 5.28. The van der Waals surface area contributed by atoms with Gasteiger partial charge in [0.25, 0.3) is 0 Å². The molecule has 2 rings (SSSR count). The van der Waals surface area contributed by atoms with Crippen LogP contribution in [-0.2, 0) is 0 Å². The normalized spacial score (nSPS) is 16.9. The SMILES string of the molecule is O=[N+]([O-])c1c(Cl)cccc1NC1(CO)CC1. The molecule has 0 spiro atoms. The van der Waals surface area contributed by atoms with Crippen LogP contribution in [-0.4, -0.2) is 22.2 Å². The molecular weight excluding hydrogens is 232 g/mol. The summed E-state index contributed by atoms with van der Waals surface area (Å²) in [5, 5.41) is 23.1. The molecule has 0 bridgehead atoms. The predicted molar refractivity (Wildman–Crippen MR) is 60.8 cm³/mol. The van der Waals surface area contributed by atoms with E-state index in [4.69, 9.17) is 16.7 Å². The molecule has 0 atom stereocenters. The molecule has 1 aliphatic rings. The van der Waals surface area contributed by atoms with Gasteiger partial charge in [-0.05, 0) is 25.0 Å². The van der Waals surface area contributed by atoms with E-state index >= 15 is 0 Å². The Kier molecular flexibility index (Phi) is 2.73. The summed E-state index contributed by atoms with van der Waals surface area (Å²) in [7, 11) is 0. The van der Waals surface area contributed by atoms with Crippen LogP contribution >= 0.6 is 11.6 Å². The van der Waals surface area contributed by atoms with E-state index in [1.54, 1.807) is 12.1 Å². The van der Waals surface area contributed by atoms with Gasteiger partial charge in [-0.25, -0.2) is 0 Å². The lowest BCUT2D eigenvalue weighted by molar-refractivity contribution is -0.383. The zero-order chi connectivity index (χ0) is 11.8. The van der Waals surface area contributed by atoms with Gasteiger partial charge in [0.1, 0.15) is 10.7 Å². The molecule has 0 saturated heterocycles. The quantitative estimate of drug-likeness (QED) is 0.627. The van der Waals surface area contributed by atoms with Crippen LogP contribution < -0.4 is 5.32 Å². The molecule has 1 aromatic carbocycles. The molecule has 0 heterocycles. The lowest BCUT2D eigenvalue weighted by Gasteiger charge is -2.15. The summed E-state index contributed by atoms with van der Waals surface area (Å²) >= 11 is 5.77. The van der Waals surface area contributed by atoms with E-state index in [2.05, 4.69) is 5.32 Å². The number of aliphatic hydroxyl groups excluding tert-OH is 1. The summed E-state index contributed by atoms with van der Waals surface area (Å²) in [6.45, 7) is -0.0311. The lowest BCUT2D eigenvalue weighted by Crippen LogP contribution is -2.26. The zero-order valence-corrected chi connectivity index (χ0v) is 9.20. The van der Waals surface area contributed by atoms with E-state index in [0.29, 0.717) is 5.69 Å². The van der Waals surface area contributed by atoms with Crippen LogP contribution in [0.1, 0.15) is 12.8 Å². The maximum Gasteiger partial charge on any atom is 0.310 e. The molecule has 0 unspecified atom stereocenters. The Labute approximate surface area is 97.2 Å². The Hall–Kier alpha value is -1.33. The van der Waals surface area contributed by atoms with Gasteiger partial charge in [0.2, 0.25) is 0 Å². The van der Waals surface area contributed by atoms with Crippen LogP contribution in [0.3, 0.4) is 0 Å². The highest BCUT2D eigenvalue weighted by Gasteiger charge is 2.43. The minimum atomic E-state index is -0.516. The van der Waals surface area contributed by atoms with Crippen molar-refractivity contribution in [3.8, 4) is 0 Å². The van der Waals surface area contributed by atoms with Gasteiger partial charge in [0, 0.05) is 0 Å². The van der Waals surface area contributed by atoms with Crippen molar-refractivity contribution in [3.05, 3.63) is 33.3 Å². The third-order valence-electron chi connectivity index (χ3n) is 2.73. The molecular formula is C10H11ClN2O3. The van der Waals surface area contributed by atoms with E-state index in [-0.39, 0.29) is 17.3 Å². The number of benzene rings is 1. The monoisotopic (exact) mass is 242 g/mol. The van der Waals surface area contributed by atoms with E-state index in [1.807, 2.05) is 0 Å². The van der Waals surface area contributed by atoms with Gasteiger partial charge in [-0.3, -0.25) is 10.1 Å². The number of para-hydroxylation sites is 1. The molecule has 0 amide bonds. The standard InChI is InChI=1S/C10H11ClN2O3/c11-7-2-1-3-8(9(7)13(15)16)12-10(6-14)4-5-10/h1-3,12,14H,4-6H2. The van der Waals surface area contributed by atoms with E-state index in [0.717, 1.165) is 12.8 Å². The third kappa shape index (κ3) is 1.96. The van der Waals surface area contributed by atoms with Crippen LogP contribution in [0.15, 0.2) is 18.2 Å². The minimum Gasteiger partial charge on any atom is -0.394 e. The number of nitro groups is 1. The average Bonchev–Trinajstić information content (AvgIpc) is 2.98. The summed E-state index contributed by atoms with van der Waals surface area (Å²) in [4.78, 5) is 10.3. The van der Waals surface area contributed by atoms with Crippen LogP contribution in [0.4, 0.5) is 11.4 Å². The third-order valence-corrected chi connectivity index (χ3v) is 3.03. The number of nitrogens with one attached hydrogen (secondary N) is 1. The number of rotatable bonds is 4. The van der Waals surface area contributed by atoms with E-state index in [1.165, 1.54) is 6.07 Å². The zero-order valence-electron chi connectivity index (χ0n) is 8.44. The molecule has 0 radical (unpaired) electrons. The summed E-state index contributed by atoms with van der Waals surface area (Å²) < 4.78 is 0. The lowest BCUT2D eigenvalue weighted by atomic mass is 10.2. The van der Waals surface area contributed by atoms with Gasteiger partial charge in [-0.15, -0.1) is 0 Å². The largest absolute Gasteiger partial charge is 0.394 e. The van der Waals surface area contributed by atoms with Crippen LogP contribution in [0.2, 0.25) is 5.02 Å². The maximum absolute atomic E-state index is 10.9. The van der Waals surface area contributed by atoms with Crippen LogP contribution in [0.5, 0.6) is 0 Å². The van der Waals surface area contributed by atoms with Crippen LogP contribution in [0.25, 0.3) is 0 Å².